The first kappa shape index (κ1) is 16.7. The van der Waals surface area contributed by atoms with Crippen LogP contribution in [0.5, 0.6) is 0 Å². The smallest absolute Gasteiger partial charge is 0.181 e. The van der Waals surface area contributed by atoms with E-state index in [1.165, 1.54) is 6.08 Å². The Morgan fingerprint density at radius 1 is 1.08 bits per heavy atom. The van der Waals surface area contributed by atoms with Gasteiger partial charge in [0.15, 0.2) is 9.84 Å². The Labute approximate surface area is 155 Å². The first-order valence-electron chi connectivity index (χ1n) is 7.89. The van der Waals surface area contributed by atoms with Gasteiger partial charge < -0.3 is 5.32 Å². The molecule has 0 aliphatic heterocycles. The Morgan fingerprint density at radius 2 is 1.96 bits per heavy atom. The predicted molar refractivity (Wildman–Crippen MR) is 107 cm³/mol. The molecule has 0 atom stereocenters. The topological polar surface area (TPSA) is 72.0 Å². The summed E-state index contributed by atoms with van der Waals surface area (Å²) < 4.78 is 25.8. The quantitative estimate of drug-likeness (QED) is 0.514. The first-order chi connectivity index (χ1) is 12.6. The van der Waals surface area contributed by atoms with Gasteiger partial charge in [-0.15, -0.1) is 17.9 Å². The second kappa shape index (κ2) is 6.51. The molecule has 0 spiro atoms. The number of nitrogens with zero attached hydrogens (tertiary/aromatic N) is 2. The number of rotatable bonds is 5. The molecule has 1 N–H and O–H groups in total. The van der Waals surface area contributed by atoms with Gasteiger partial charge in [-0.05, 0) is 42.5 Å². The van der Waals surface area contributed by atoms with Crippen molar-refractivity contribution in [3.63, 3.8) is 0 Å². The molecule has 4 aromatic rings. The number of fused-ring (bicyclic) bond motifs is 2. The van der Waals surface area contributed by atoms with Crippen LogP contribution in [0.2, 0.25) is 0 Å². The molecular weight excluding hydrogens is 366 g/mol. The van der Waals surface area contributed by atoms with Crippen LogP contribution in [0.15, 0.2) is 71.7 Å². The molecule has 0 unspecified atom stereocenters. The summed E-state index contributed by atoms with van der Waals surface area (Å²) >= 11 is 1.59. The van der Waals surface area contributed by atoms with E-state index >= 15 is 0 Å². The summed E-state index contributed by atoms with van der Waals surface area (Å²) in [5, 5.41) is 4.10. The normalized spacial score (nSPS) is 11.7. The number of pyridine rings is 1. The van der Waals surface area contributed by atoms with Crippen LogP contribution < -0.4 is 5.32 Å². The third-order valence-electron chi connectivity index (χ3n) is 4.02. The molecule has 0 saturated heterocycles. The molecule has 7 heteroatoms. The van der Waals surface area contributed by atoms with Crippen molar-refractivity contribution in [1.29, 1.82) is 0 Å². The first-order valence-corrected chi connectivity index (χ1v) is 10.4. The number of anilines is 2. The van der Waals surface area contributed by atoms with E-state index in [1.54, 1.807) is 35.7 Å². The van der Waals surface area contributed by atoms with E-state index < -0.39 is 9.84 Å². The zero-order chi connectivity index (χ0) is 18.1. The average Bonchev–Trinajstić information content (AvgIpc) is 3.09. The highest BCUT2D eigenvalue weighted by atomic mass is 32.2. The molecule has 2 heterocycles. The SMILES string of the molecule is C=CCS(=O)(=O)c1ccc2nccc(Nc3ccc4scnc4c3)c2c1. The Morgan fingerprint density at radius 3 is 2.81 bits per heavy atom. The van der Waals surface area contributed by atoms with E-state index in [2.05, 4.69) is 21.9 Å². The Bertz CT molecular complexity index is 1230. The molecule has 4 rings (SSSR count). The molecule has 2 aromatic heterocycles. The van der Waals surface area contributed by atoms with E-state index in [1.807, 2.05) is 29.8 Å². The lowest BCUT2D eigenvalue weighted by Gasteiger charge is -2.11. The van der Waals surface area contributed by atoms with E-state index in [0.29, 0.717) is 0 Å². The molecule has 0 radical (unpaired) electrons. The van der Waals surface area contributed by atoms with Gasteiger partial charge in [-0.3, -0.25) is 4.98 Å². The van der Waals surface area contributed by atoms with E-state index in [-0.39, 0.29) is 10.6 Å². The van der Waals surface area contributed by atoms with Crippen molar-refractivity contribution >= 4 is 53.7 Å². The third-order valence-corrected chi connectivity index (χ3v) is 6.48. The van der Waals surface area contributed by atoms with Crippen LogP contribution in [0, 0.1) is 0 Å². The highest BCUT2D eigenvalue weighted by Crippen LogP contribution is 2.29. The van der Waals surface area contributed by atoms with Crippen molar-refractivity contribution in [3.05, 3.63) is 66.8 Å². The van der Waals surface area contributed by atoms with Crippen LogP contribution in [0.1, 0.15) is 0 Å². The zero-order valence-corrected chi connectivity index (χ0v) is 15.3. The Kier molecular flexibility index (Phi) is 4.18. The van der Waals surface area contributed by atoms with E-state index in [9.17, 15) is 8.42 Å². The van der Waals surface area contributed by atoms with Crippen molar-refractivity contribution in [3.8, 4) is 0 Å². The molecule has 5 nitrogen and oxygen atoms in total. The summed E-state index contributed by atoms with van der Waals surface area (Å²) in [6.07, 6.45) is 3.09. The standard InChI is InChI=1S/C19H15N3O2S2/c1-2-9-26(23,24)14-4-5-16-15(11-14)17(7-8-20-16)22-13-3-6-19-18(10-13)21-12-25-19/h2-8,10-12H,1,9H2,(H,20,22). The molecule has 0 fully saturated rings. The van der Waals surface area contributed by atoms with Crippen molar-refractivity contribution in [1.82, 2.24) is 9.97 Å². The van der Waals surface area contributed by atoms with Gasteiger partial charge in [0.2, 0.25) is 0 Å². The minimum atomic E-state index is -3.39. The fourth-order valence-corrected chi connectivity index (χ4v) is 4.50. The van der Waals surface area contributed by atoms with Gasteiger partial charge >= 0.3 is 0 Å². The molecule has 0 bridgehead atoms. The summed E-state index contributed by atoms with van der Waals surface area (Å²) in [6.45, 7) is 3.52. The molecule has 26 heavy (non-hydrogen) atoms. The van der Waals surface area contributed by atoms with Gasteiger partial charge in [0.25, 0.3) is 0 Å². The maximum atomic E-state index is 12.3. The van der Waals surface area contributed by atoms with Crippen LogP contribution in [0.3, 0.4) is 0 Å². The number of hydrogen-bond donors (Lipinski definition) is 1. The highest BCUT2D eigenvalue weighted by molar-refractivity contribution is 7.91. The zero-order valence-electron chi connectivity index (χ0n) is 13.7. The van der Waals surface area contributed by atoms with Crippen LogP contribution in [0.4, 0.5) is 11.4 Å². The molecule has 0 saturated carbocycles. The highest BCUT2D eigenvalue weighted by Gasteiger charge is 2.14. The number of thiazole rings is 1. The van der Waals surface area contributed by atoms with Gasteiger partial charge in [-0.2, -0.15) is 0 Å². The van der Waals surface area contributed by atoms with Crippen LogP contribution in [0.25, 0.3) is 21.1 Å². The summed E-state index contributed by atoms with van der Waals surface area (Å²) in [5.41, 5.74) is 5.14. The molecule has 2 aromatic carbocycles. The van der Waals surface area contributed by atoms with Crippen LogP contribution in [-0.2, 0) is 9.84 Å². The number of sulfone groups is 1. The molecular formula is C19H15N3O2S2. The second-order valence-electron chi connectivity index (χ2n) is 5.77. The summed E-state index contributed by atoms with van der Waals surface area (Å²) in [5.74, 6) is -0.0952. The maximum absolute atomic E-state index is 12.3. The van der Waals surface area contributed by atoms with Gasteiger partial charge in [0.1, 0.15) is 0 Å². The lowest BCUT2D eigenvalue weighted by Crippen LogP contribution is -2.04. The summed E-state index contributed by atoms with van der Waals surface area (Å²) in [4.78, 5) is 8.92. The average molecular weight is 381 g/mol. The molecule has 0 aliphatic rings. The van der Waals surface area contributed by atoms with Gasteiger partial charge in [0, 0.05) is 23.0 Å². The van der Waals surface area contributed by atoms with E-state index in [0.717, 1.165) is 32.5 Å². The minimum absolute atomic E-state index is 0.0952. The van der Waals surface area contributed by atoms with Crippen molar-refractivity contribution in [2.24, 2.45) is 0 Å². The third kappa shape index (κ3) is 3.07. The lowest BCUT2D eigenvalue weighted by atomic mass is 10.2. The number of hydrogen-bond acceptors (Lipinski definition) is 6. The van der Waals surface area contributed by atoms with Crippen LogP contribution >= 0.6 is 11.3 Å². The molecule has 0 amide bonds. The molecule has 0 aliphatic carbocycles. The van der Waals surface area contributed by atoms with Crippen molar-refractivity contribution < 1.29 is 8.42 Å². The Hall–Kier alpha value is -2.77. The van der Waals surface area contributed by atoms with Crippen molar-refractivity contribution in [2.75, 3.05) is 11.1 Å². The van der Waals surface area contributed by atoms with Gasteiger partial charge in [-0.25, -0.2) is 13.4 Å². The van der Waals surface area contributed by atoms with Crippen LogP contribution in [-0.4, -0.2) is 24.1 Å². The fraction of sp³-hybridized carbons (Fsp3) is 0.0526. The predicted octanol–water partition coefficient (Wildman–Crippen LogP) is 4.55. The van der Waals surface area contributed by atoms with E-state index in [4.69, 9.17) is 0 Å². The lowest BCUT2D eigenvalue weighted by molar-refractivity contribution is 0.599. The monoisotopic (exact) mass is 381 g/mol. The number of benzene rings is 2. The van der Waals surface area contributed by atoms with Gasteiger partial charge in [0.05, 0.1) is 31.9 Å². The fourth-order valence-electron chi connectivity index (χ4n) is 2.77. The van der Waals surface area contributed by atoms with Gasteiger partial charge in [-0.1, -0.05) is 6.08 Å². The minimum Gasteiger partial charge on any atom is -0.355 e. The second-order valence-corrected chi connectivity index (χ2v) is 8.69. The number of aromatic nitrogens is 2. The summed E-state index contributed by atoms with van der Waals surface area (Å²) in [6, 6.07) is 12.8. The van der Waals surface area contributed by atoms with Crippen molar-refractivity contribution in [2.45, 2.75) is 4.90 Å². The largest absolute Gasteiger partial charge is 0.355 e. The maximum Gasteiger partial charge on any atom is 0.181 e. The summed E-state index contributed by atoms with van der Waals surface area (Å²) in [7, 11) is -3.39. The molecule has 130 valence electrons. The number of nitrogens with one attached hydrogen (secondary N) is 1. The Balaban J connectivity index is 1.79.